The molecular weight excluding hydrogens is 563 g/mol. The topological polar surface area (TPSA) is 94.0 Å². The molecule has 1 heterocycles. The molecule has 1 aliphatic heterocycles. The molecule has 0 aromatic heterocycles. The number of dihydropyridines is 1. The number of nitrogens with one attached hydrogen (secondary N) is 3. The van der Waals surface area contributed by atoms with Crippen molar-refractivity contribution in [2.24, 2.45) is 0 Å². The summed E-state index contributed by atoms with van der Waals surface area (Å²) in [6.45, 7) is 1.76. The van der Waals surface area contributed by atoms with Crippen molar-refractivity contribution in [3.63, 3.8) is 0 Å². The number of nitrogens with zero attached hydrogens (tertiary/aromatic N) is 1. The van der Waals surface area contributed by atoms with Gasteiger partial charge < -0.3 is 16.0 Å². The van der Waals surface area contributed by atoms with E-state index in [1.165, 1.54) is 6.07 Å². The molecule has 0 fully saturated rings. The van der Waals surface area contributed by atoms with Gasteiger partial charge in [0.25, 0.3) is 5.91 Å². The molecule has 38 heavy (non-hydrogen) atoms. The van der Waals surface area contributed by atoms with Crippen molar-refractivity contribution in [1.29, 1.82) is 5.26 Å². The Morgan fingerprint density at radius 3 is 2.37 bits per heavy atom. The minimum atomic E-state index is -0.741. The summed E-state index contributed by atoms with van der Waals surface area (Å²) in [6.07, 6.45) is 0. The maximum absolute atomic E-state index is 13.5. The van der Waals surface area contributed by atoms with Gasteiger partial charge in [0, 0.05) is 27.0 Å². The van der Waals surface area contributed by atoms with Gasteiger partial charge in [0.2, 0.25) is 5.91 Å². The summed E-state index contributed by atoms with van der Waals surface area (Å²) in [5.74, 6) is -1.44. The van der Waals surface area contributed by atoms with E-state index in [4.69, 9.17) is 34.8 Å². The van der Waals surface area contributed by atoms with Gasteiger partial charge in [-0.15, -0.1) is 0 Å². The summed E-state index contributed by atoms with van der Waals surface area (Å²) in [7, 11) is 0. The highest BCUT2D eigenvalue weighted by Gasteiger charge is 2.36. The van der Waals surface area contributed by atoms with Gasteiger partial charge in [0.15, 0.2) is 0 Å². The standard InChI is InChI=1S/C28H21Cl3N4O2S/c1-16-25(27(37)34-18-7-3-2-4-8-18)26(19-9-5-6-10-21(19)30)20(14-32)28(33-16)38-15-24(36)35-23-12-11-17(29)13-22(23)31/h2-13,26,33H,15H2,1H3,(H,34,37)(H,35,36)/t26-/m0/s1. The number of carbonyl (C=O) groups is 2. The van der Waals surface area contributed by atoms with E-state index in [2.05, 4.69) is 22.0 Å². The smallest absolute Gasteiger partial charge is 0.254 e. The molecule has 0 spiro atoms. The van der Waals surface area contributed by atoms with Gasteiger partial charge >= 0.3 is 0 Å². The molecule has 0 saturated heterocycles. The number of allylic oxidation sites excluding steroid dienone is 2. The minimum Gasteiger partial charge on any atom is -0.353 e. The fourth-order valence-corrected chi connectivity index (χ4v) is 5.57. The van der Waals surface area contributed by atoms with E-state index in [0.29, 0.717) is 48.3 Å². The van der Waals surface area contributed by atoms with Crippen LogP contribution >= 0.6 is 46.6 Å². The van der Waals surface area contributed by atoms with Crippen molar-refractivity contribution in [3.05, 3.63) is 115 Å². The van der Waals surface area contributed by atoms with Gasteiger partial charge in [0.05, 0.1) is 39.1 Å². The monoisotopic (exact) mass is 582 g/mol. The second-order valence-electron chi connectivity index (χ2n) is 8.25. The summed E-state index contributed by atoms with van der Waals surface area (Å²) in [5.41, 5.74) is 2.85. The number of hydrogen-bond acceptors (Lipinski definition) is 5. The fraction of sp³-hybridized carbons (Fsp3) is 0.107. The van der Waals surface area contributed by atoms with Crippen molar-refractivity contribution in [2.45, 2.75) is 12.8 Å². The third kappa shape index (κ3) is 6.35. The van der Waals surface area contributed by atoms with E-state index in [9.17, 15) is 14.9 Å². The zero-order valence-electron chi connectivity index (χ0n) is 20.0. The molecule has 4 rings (SSSR count). The highest BCUT2D eigenvalue weighted by atomic mass is 35.5. The number of benzene rings is 3. The van der Waals surface area contributed by atoms with Gasteiger partial charge in [-0.1, -0.05) is 83.0 Å². The number of carbonyl (C=O) groups excluding carboxylic acids is 2. The second-order valence-corrected chi connectivity index (χ2v) is 10.5. The van der Waals surface area contributed by atoms with E-state index in [0.717, 1.165) is 11.8 Å². The Bertz CT molecular complexity index is 1500. The van der Waals surface area contributed by atoms with Gasteiger partial charge in [-0.05, 0) is 48.9 Å². The lowest BCUT2D eigenvalue weighted by Crippen LogP contribution is -2.31. The zero-order chi connectivity index (χ0) is 27.2. The first kappa shape index (κ1) is 27.6. The number of nitriles is 1. The Morgan fingerprint density at radius 1 is 0.974 bits per heavy atom. The Kier molecular flexibility index (Phi) is 9.03. The third-order valence-corrected chi connectivity index (χ3v) is 7.60. The van der Waals surface area contributed by atoms with E-state index in [-0.39, 0.29) is 23.1 Å². The highest BCUT2D eigenvalue weighted by molar-refractivity contribution is 8.03. The van der Waals surface area contributed by atoms with Gasteiger partial charge in [0.1, 0.15) is 0 Å². The molecule has 0 bridgehead atoms. The SMILES string of the molecule is CC1=C(C(=O)Nc2ccccc2)[C@@H](c2ccccc2Cl)C(C#N)=C(SCC(=O)Nc2ccc(Cl)cc2Cl)N1. The van der Waals surface area contributed by atoms with E-state index in [1.54, 1.807) is 55.5 Å². The number of anilines is 2. The van der Waals surface area contributed by atoms with Gasteiger partial charge in [-0.3, -0.25) is 9.59 Å². The normalized spacial score (nSPS) is 15.0. The number of hydrogen-bond donors (Lipinski definition) is 3. The molecule has 1 aliphatic rings. The summed E-state index contributed by atoms with van der Waals surface area (Å²) in [4.78, 5) is 26.2. The van der Waals surface area contributed by atoms with Gasteiger partial charge in [-0.25, -0.2) is 0 Å². The minimum absolute atomic E-state index is 0.0134. The first-order chi connectivity index (χ1) is 18.3. The van der Waals surface area contributed by atoms with Crippen LogP contribution in [0.2, 0.25) is 15.1 Å². The molecule has 3 aromatic rings. The van der Waals surface area contributed by atoms with Crippen LogP contribution in [0.4, 0.5) is 11.4 Å². The largest absolute Gasteiger partial charge is 0.353 e. The lowest BCUT2D eigenvalue weighted by Gasteiger charge is -2.30. The molecule has 0 unspecified atom stereocenters. The Balaban J connectivity index is 1.64. The number of para-hydroxylation sites is 1. The first-order valence-corrected chi connectivity index (χ1v) is 13.5. The number of rotatable bonds is 7. The van der Waals surface area contributed by atoms with Crippen molar-refractivity contribution >= 4 is 69.8 Å². The van der Waals surface area contributed by atoms with E-state index in [1.807, 2.05) is 18.2 Å². The van der Waals surface area contributed by atoms with E-state index >= 15 is 0 Å². The molecule has 192 valence electrons. The van der Waals surface area contributed by atoms with Crippen molar-refractivity contribution in [1.82, 2.24) is 5.32 Å². The summed E-state index contributed by atoms with van der Waals surface area (Å²) in [5, 5.41) is 20.7. The summed E-state index contributed by atoms with van der Waals surface area (Å²) >= 11 is 19.8. The average molecular weight is 584 g/mol. The van der Waals surface area contributed by atoms with Gasteiger partial charge in [-0.2, -0.15) is 5.26 Å². The van der Waals surface area contributed by atoms with Crippen molar-refractivity contribution in [2.75, 3.05) is 16.4 Å². The van der Waals surface area contributed by atoms with Crippen LogP contribution in [0.5, 0.6) is 0 Å². The molecular formula is C28H21Cl3N4O2S. The summed E-state index contributed by atoms with van der Waals surface area (Å²) < 4.78 is 0. The Labute approximate surface area is 239 Å². The second kappa shape index (κ2) is 12.4. The predicted octanol–water partition coefficient (Wildman–Crippen LogP) is 7.35. The Morgan fingerprint density at radius 2 is 1.68 bits per heavy atom. The number of thioether (sulfide) groups is 1. The molecule has 0 saturated carbocycles. The first-order valence-electron chi connectivity index (χ1n) is 11.4. The summed E-state index contributed by atoms with van der Waals surface area (Å²) in [6, 6.07) is 23.2. The number of amides is 2. The van der Waals surface area contributed by atoms with Crippen LogP contribution in [-0.2, 0) is 9.59 Å². The molecule has 10 heteroatoms. The molecule has 2 amide bonds. The van der Waals surface area contributed by atoms with Crippen LogP contribution in [0.1, 0.15) is 18.4 Å². The van der Waals surface area contributed by atoms with Crippen LogP contribution in [0.15, 0.2) is 94.7 Å². The lowest BCUT2D eigenvalue weighted by atomic mass is 9.82. The lowest BCUT2D eigenvalue weighted by molar-refractivity contribution is -0.114. The zero-order valence-corrected chi connectivity index (χ0v) is 23.1. The molecule has 6 nitrogen and oxygen atoms in total. The van der Waals surface area contributed by atoms with Crippen LogP contribution in [-0.4, -0.2) is 17.6 Å². The molecule has 3 N–H and O–H groups in total. The van der Waals surface area contributed by atoms with Crippen molar-refractivity contribution in [3.8, 4) is 6.07 Å². The third-order valence-electron chi connectivity index (χ3n) is 5.69. The quantitative estimate of drug-likeness (QED) is 0.270. The predicted molar refractivity (Wildman–Crippen MR) is 155 cm³/mol. The average Bonchev–Trinajstić information content (AvgIpc) is 2.89. The van der Waals surface area contributed by atoms with Crippen LogP contribution in [0.3, 0.4) is 0 Å². The maximum Gasteiger partial charge on any atom is 0.254 e. The van der Waals surface area contributed by atoms with E-state index < -0.39 is 5.92 Å². The van der Waals surface area contributed by atoms with Crippen LogP contribution in [0.25, 0.3) is 0 Å². The maximum atomic E-state index is 13.5. The molecule has 0 radical (unpaired) electrons. The number of halogens is 3. The molecule has 3 aromatic carbocycles. The molecule has 0 aliphatic carbocycles. The van der Waals surface area contributed by atoms with Crippen LogP contribution in [0, 0.1) is 11.3 Å². The Hall–Kier alpha value is -3.41. The molecule has 1 atom stereocenters. The highest BCUT2D eigenvalue weighted by Crippen LogP contribution is 2.43. The van der Waals surface area contributed by atoms with Crippen molar-refractivity contribution < 1.29 is 9.59 Å². The fourth-order valence-electron chi connectivity index (χ4n) is 3.98. The van der Waals surface area contributed by atoms with Crippen LogP contribution < -0.4 is 16.0 Å².